The number of aryl methyl sites for hydroxylation is 1. The first-order valence-electron chi connectivity index (χ1n) is 4.77. The van der Waals surface area contributed by atoms with Crippen molar-refractivity contribution in [2.75, 3.05) is 16.4 Å². The first-order chi connectivity index (χ1) is 7.44. The number of hydrogen-bond acceptors (Lipinski definition) is 2. The molecule has 16 heavy (non-hydrogen) atoms. The van der Waals surface area contributed by atoms with Gasteiger partial charge in [0.15, 0.2) is 0 Å². The van der Waals surface area contributed by atoms with Crippen LogP contribution >= 0.6 is 27.5 Å². The van der Waals surface area contributed by atoms with Gasteiger partial charge in [-0.05, 0) is 37.1 Å². The summed E-state index contributed by atoms with van der Waals surface area (Å²) in [6, 6.07) is 5.31. The summed E-state index contributed by atoms with van der Waals surface area (Å²) in [5, 5.41) is 0. The smallest absolute Gasteiger partial charge is 0.232 e. The predicted molar refractivity (Wildman–Crippen MR) is 71.6 cm³/mol. The van der Waals surface area contributed by atoms with Gasteiger partial charge in [-0.15, -0.1) is 11.6 Å². The van der Waals surface area contributed by atoms with E-state index in [1.165, 1.54) is 0 Å². The number of sulfonamides is 1. The molecule has 1 aromatic carbocycles. The predicted octanol–water partition coefficient (Wildman–Crippen LogP) is 3.13. The number of anilines is 1. The van der Waals surface area contributed by atoms with E-state index in [0.29, 0.717) is 18.0 Å². The Hall–Kier alpha value is -0.260. The van der Waals surface area contributed by atoms with Crippen LogP contribution in [0, 0.1) is 6.92 Å². The van der Waals surface area contributed by atoms with Gasteiger partial charge in [0.1, 0.15) is 0 Å². The van der Waals surface area contributed by atoms with E-state index >= 15 is 0 Å². The molecule has 0 amide bonds. The molecule has 0 heterocycles. The van der Waals surface area contributed by atoms with E-state index in [2.05, 4.69) is 20.7 Å². The third kappa shape index (κ3) is 4.31. The van der Waals surface area contributed by atoms with Crippen molar-refractivity contribution in [1.29, 1.82) is 0 Å². The zero-order chi connectivity index (χ0) is 12.2. The van der Waals surface area contributed by atoms with Crippen molar-refractivity contribution in [3.8, 4) is 0 Å². The normalized spacial score (nSPS) is 11.4. The fourth-order valence-electron chi connectivity index (χ4n) is 1.18. The quantitative estimate of drug-likeness (QED) is 0.845. The highest BCUT2D eigenvalue weighted by Gasteiger charge is 2.09. The summed E-state index contributed by atoms with van der Waals surface area (Å²) < 4.78 is 26.6. The summed E-state index contributed by atoms with van der Waals surface area (Å²) in [7, 11) is -3.28. The zero-order valence-electron chi connectivity index (χ0n) is 8.83. The number of rotatable bonds is 5. The second kappa shape index (κ2) is 5.89. The second-order valence-corrected chi connectivity index (χ2v) is 6.50. The number of hydrogen-bond donors (Lipinski definition) is 1. The molecule has 1 rings (SSSR count). The Bertz CT molecular complexity index is 462. The Balaban J connectivity index is 2.76. The first-order valence-corrected chi connectivity index (χ1v) is 7.75. The van der Waals surface area contributed by atoms with E-state index in [4.69, 9.17) is 11.6 Å². The topological polar surface area (TPSA) is 46.2 Å². The van der Waals surface area contributed by atoms with E-state index in [1.54, 1.807) is 12.1 Å². The Morgan fingerprint density at radius 1 is 1.44 bits per heavy atom. The molecule has 1 N–H and O–H groups in total. The summed E-state index contributed by atoms with van der Waals surface area (Å²) in [6.07, 6.45) is 0.451. The van der Waals surface area contributed by atoms with E-state index in [1.807, 2.05) is 13.0 Å². The van der Waals surface area contributed by atoms with Crippen molar-refractivity contribution in [1.82, 2.24) is 0 Å². The molecule has 0 saturated heterocycles. The molecule has 0 aliphatic heterocycles. The van der Waals surface area contributed by atoms with E-state index in [-0.39, 0.29) is 5.75 Å². The van der Waals surface area contributed by atoms with Crippen LogP contribution in [0.25, 0.3) is 0 Å². The lowest BCUT2D eigenvalue weighted by atomic mass is 10.2. The highest BCUT2D eigenvalue weighted by molar-refractivity contribution is 9.10. The lowest BCUT2D eigenvalue weighted by Crippen LogP contribution is -2.17. The van der Waals surface area contributed by atoms with E-state index in [9.17, 15) is 8.42 Å². The van der Waals surface area contributed by atoms with Gasteiger partial charge < -0.3 is 0 Å². The molecular formula is C10H13BrClNO2S. The van der Waals surface area contributed by atoms with Gasteiger partial charge in [-0.2, -0.15) is 0 Å². The molecule has 0 bridgehead atoms. The number of alkyl halides is 1. The molecule has 1 aromatic rings. The summed E-state index contributed by atoms with van der Waals surface area (Å²) >= 11 is 8.81. The minimum atomic E-state index is -3.28. The molecule has 0 radical (unpaired) electrons. The van der Waals surface area contributed by atoms with Crippen LogP contribution in [0.2, 0.25) is 0 Å². The molecule has 0 atom stereocenters. The van der Waals surface area contributed by atoms with Crippen molar-refractivity contribution in [3.05, 3.63) is 28.2 Å². The van der Waals surface area contributed by atoms with Crippen LogP contribution in [0.4, 0.5) is 5.69 Å². The molecule has 90 valence electrons. The molecule has 0 spiro atoms. The van der Waals surface area contributed by atoms with Crippen LogP contribution < -0.4 is 4.72 Å². The van der Waals surface area contributed by atoms with Gasteiger partial charge in [0.25, 0.3) is 0 Å². The Labute approximate surface area is 109 Å². The number of benzene rings is 1. The SMILES string of the molecule is Cc1cc(NS(=O)(=O)CCCCl)ccc1Br. The molecule has 0 aliphatic rings. The fraction of sp³-hybridized carbons (Fsp3) is 0.400. The lowest BCUT2D eigenvalue weighted by Gasteiger charge is -2.08. The average molecular weight is 327 g/mol. The van der Waals surface area contributed by atoms with Crippen molar-refractivity contribution in [3.63, 3.8) is 0 Å². The summed E-state index contributed by atoms with van der Waals surface area (Å²) in [4.78, 5) is 0. The summed E-state index contributed by atoms with van der Waals surface area (Å²) in [6.45, 7) is 1.90. The highest BCUT2D eigenvalue weighted by atomic mass is 79.9. The summed E-state index contributed by atoms with van der Waals surface area (Å²) in [5.74, 6) is 0.395. The standard InChI is InChI=1S/C10H13BrClNO2S/c1-8-7-9(3-4-10(8)11)13-16(14,15)6-2-5-12/h3-4,7,13H,2,5-6H2,1H3. The molecule has 0 unspecified atom stereocenters. The zero-order valence-corrected chi connectivity index (χ0v) is 12.0. The highest BCUT2D eigenvalue weighted by Crippen LogP contribution is 2.20. The Morgan fingerprint density at radius 3 is 2.69 bits per heavy atom. The van der Waals surface area contributed by atoms with Gasteiger partial charge in [-0.3, -0.25) is 4.72 Å². The summed E-state index contributed by atoms with van der Waals surface area (Å²) in [5.41, 5.74) is 1.56. The van der Waals surface area contributed by atoms with Gasteiger partial charge in [0.2, 0.25) is 10.0 Å². The largest absolute Gasteiger partial charge is 0.284 e. The van der Waals surface area contributed by atoms with Crippen molar-refractivity contribution in [2.24, 2.45) is 0 Å². The Kier molecular flexibility index (Phi) is 5.08. The first kappa shape index (κ1) is 13.8. The minimum Gasteiger partial charge on any atom is -0.284 e. The molecule has 3 nitrogen and oxygen atoms in total. The molecule has 6 heteroatoms. The van der Waals surface area contributed by atoms with Gasteiger partial charge in [-0.25, -0.2) is 8.42 Å². The van der Waals surface area contributed by atoms with Crippen molar-refractivity contribution < 1.29 is 8.42 Å². The number of halogens is 2. The fourth-order valence-corrected chi connectivity index (χ4v) is 2.83. The van der Waals surface area contributed by atoms with Crippen LogP contribution in [0.3, 0.4) is 0 Å². The van der Waals surface area contributed by atoms with Crippen LogP contribution in [0.1, 0.15) is 12.0 Å². The number of nitrogens with one attached hydrogen (secondary N) is 1. The van der Waals surface area contributed by atoms with Crippen LogP contribution in [0.5, 0.6) is 0 Å². The van der Waals surface area contributed by atoms with Gasteiger partial charge in [0.05, 0.1) is 5.75 Å². The van der Waals surface area contributed by atoms with Gasteiger partial charge in [-0.1, -0.05) is 15.9 Å². The molecule has 0 fully saturated rings. The lowest BCUT2D eigenvalue weighted by molar-refractivity contribution is 0.600. The van der Waals surface area contributed by atoms with Gasteiger partial charge in [0, 0.05) is 16.0 Å². The van der Waals surface area contributed by atoms with E-state index < -0.39 is 10.0 Å². The van der Waals surface area contributed by atoms with E-state index in [0.717, 1.165) is 10.0 Å². The van der Waals surface area contributed by atoms with Crippen molar-refractivity contribution in [2.45, 2.75) is 13.3 Å². The minimum absolute atomic E-state index is 0.0472. The van der Waals surface area contributed by atoms with Gasteiger partial charge >= 0.3 is 0 Å². The maximum absolute atomic E-state index is 11.6. The van der Waals surface area contributed by atoms with Crippen LogP contribution in [-0.2, 0) is 10.0 Å². The third-order valence-electron chi connectivity index (χ3n) is 1.98. The average Bonchev–Trinajstić information content (AvgIpc) is 2.20. The van der Waals surface area contributed by atoms with Crippen LogP contribution in [-0.4, -0.2) is 20.1 Å². The molecule has 0 saturated carbocycles. The molecule has 0 aromatic heterocycles. The molecular weight excluding hydrogens is 314 g/mol. The maximum atomic E-state index is 11.6. The third-order valence-corrected chi connectivity index (χ3v) is 4.51. The van der Waals surface area contributed by atoms with Crippen molar-refractivity contribution >= 4 is 43.2 Å². The van der Waals surface area contributed by atoms with Crippen LogP contribution in [0.15, 0.2) is 22.7 Å². The molecule has 0 aliphatic carbocycles. The second-order valence-electron chi connectivity index (χ2n) is 3.43. The monoisotopic (exact) mass is 325 g/mol. The Morgan fingerprint density at radius 2 is 2.12 bits per heavy atom. The maximum Gasteiger partial charge on any atom is 0.232 e.